The van der Waals surface area contributed by atoms with Crippen LogP contribution < -0.4 is 16.4 Å². The Balaban J connectivity index is 1.39. The quantitative estimate of drug-likeness (QED) is 0.736. The number of fused-ring (bicyclic) bond motifs is 2. The van der Waals surface area contributed by atoms with Crippen molar-refractivity contribution >= 4 is 17.7 Å². The number of nitrogens with one attached hydrogen (secondary N) is 1. The average molecular weight is 416 g/mol. The lowest BCUT2D eigenvalue weighted by Crippen LogP contribution is -2.35. The fourth-order valence-corrected chi connectivity index (χ4v) is 5.06. The van der Waals surface area contributed by atoms with Crippen molar-refractivity contribution < 1.29 is 4.79 Å². The largest absolute Gasteiger partial charge is 0.354 e. The lowest BCUT2D eigenvalue weighted by atomic mass is 9.97. The van der Waals surface area contributed by atoms with Crippen molar-refractivity contribution in [1.82, 2.24) is 24.4 Å². The molecule has 2 aromatic heterocycles. The molecular formula is C20H25N5O3S. The van der Waals surface area contributed by atoms with Gasteiger partial charge in [-0.3, -0.25) is 23.5 Å². The zero-order valence-corrected chi connectivity index (χ0v) is 17.5. The van der Waals surface area contributed by atoms with Gasteiger partial charge >= 0.3 is 0 Å². The van der Waals surface area contributed by atoms with E-state index in [9.17, 15) is 14.4 Å². The molecule has 0 saturated heterocycles. The van der Waals surface area contributed by atoms with Crippen LogP contribution >= 0.6 is 11.8 Å². The van der Waals surface area contributed by atoms with Crippen LogP contribution in [-0.4, -0.2) is 37.3 Å². The van der Waals surface area contributed by atoms with Crippen molar-refractivity contribution in [2.24, 2.45) is 0 Å². The first-order valence-corrected chi connectivity index (χ1v) is 11.0. The van der Waals surface area contributed by atoms with E-state index in [0.717, 1.165) is 42.1 Å². The number of rotatable bonds is 5. The topological polar surface area (TPSA) is 98.9 Å². The Bertz CT molecular complexity index is 1080. The first-order chi connectivity index (χ1) is 14.0. The van der Waals surface area contributed by atoms with Crippen molar-refractivity contribution in [3.05, 3.63) is 49.5 Å². The second-order valence-corrected chi connectivity index (χ2v) is 8.66. The Hall–Kier alpha value is -2.42. The number of thioether (sulfide) groups is 1. The maximum Gasteiger partial charge on any atom is 0.257 e. The van der Waals surface area contributed by atoms with Crippen LogP contribution in [0.1, 0.15) is 47.8 Å². The van der Waals surface area contributed by atoms with Gasteiger partial charge in [0.15, 0.2) is 5.16 Å². The third-order valence-electron chi connectivity index (χ3n) is 5.73. The van der Waals surface area contributed by atoms with Gasteiger partial charge in [0, 0.05) is 42.1 Å². The summed E-state index contributed by atoms with van der Waals surface area (Å²) in [5.41, 5.74) is 3.05. The summed E-state index contributed by atoms with van der Waals surface area (Å²) in [5.74, 6) is 0.553. The van der Waals surface area contributed by atoms with Crippen molar-refractivity contribution in [2.75, 3.05) is 12.3 Å². The summed E-state index contributed by atoms with van der Waals surface area (Å²) in [5, 5.41) is 3.60. The van der Waals surface area contributed by atoms with E-state index < -0.39 is 0 Å². The van der Waals surface area contributed by atoms with Crippen molar-refractivity contribution in [1.29, 1.82) is 0 Å². The van der Waals surface area contributed by atoms with Crippen LogP contribution in [0.15, 0.2) is 21.1 Å². The second-order valence-electron chi connectivity index (χ2n) is 7.67. The zero-order chi connectivity index (χ0) is 20.5. The van der Waals surface area contributed by atoms with Gasteiger partial charge in [-0.15, -0.1) is 0 Å². The summed E-state index contributed by atoms with van der Waals surface area (Å²) in [4.78, 5) is 46.5. The number of nitrogens with zero attached hydrogens (tertiary/aromatic N) is 4. The number of hydrogen-bond acceptors (Lipinski definition) is 6. The maximum absolute atomic E-state index is 12.9. The molecule has 0 saturated carbocycles. The molecule has 0 bridgehead atoms. The first-order valence-electron chi connectivity index (χ1n) is 10.0. The number of amides is 1. The predicted octanol–water partition coefficient (Wildman–Crippen LogP) is 1.15. The van der Waals surface area contributed by atoms with E-state index >= 15 is 0 Å². The van der Waals surface area contributed by atoms with Gasteiger partial charge in [-0.2, -0.15) is 0 Å². The molecule has 2 aliphatic rings. The summed E-state index contributed by atoms with van der Waals surface area (Å²) < 4.78 is 3.22. The molecule has 1 unspecified atom stereocenters. The highest BCUT2D eigenvalue weighted by atomic mass is 32.2. The number of aryl methyl sites for hydroxylation is 2. The third-order valence-corrected chi connectivity index (χ3v) is 6.83. The van der Waals surface area contributed by atoms with Crippen LogP contribution in [0.3, 0.4) is 0 Å². The smallest absolute Gasteiger partial charge is 0.257 e. The maximum atomic E-state index is 12.9. The molecule has 4 rings (SSSR count). The molecule has 9 heteroatoms. The van der Waals surface area contributed by atoms with Crippen molar-refractivity contribution in [2.45, 2.75) is 63.7 Å². The highest BCUT2D eigenvalue weighted by Crippen LogP contribution is 2.33. The molecule has 2 aromatic rings. The average Bonchev–Trinajstić information content (AvgIpc) is 3.11. The van der Waals surface area contributed by atoms with Gasteiger partial charge in [-0.05, 0) is 39.5 Å². The molecule has 1 aliphatic carbocycles. The Kier molecular flexibility index (Phi) is 5.58. The van der Waals surface area contributed by atoms with Gasteiger partial charge in [-0.25, -0.2) is 9.97 Å². The van der Waals surface area contributed by atoms with Crippen LogP contribution in [-0.2, 0) is 24.2 Å². The number of carbonyl (C=O) groups is 1. The normalized spacial score (nSPS) is 17.7. The van der Waals surface area contributed by atoms with Gasteiger partial charge in [-0.1, -0.05) is 11.8 Å². The molecule has 1 amide bonds. The number of aromatic nitrogens is 4. The highest BCUT2D eigenvalue weighted by molar-refractivity contribution is 7.99. The van der Waals surface area contributed by atoms with E-state index in [0.29, 0.717) is 30.1 Å². The van der Waals surface area contributed by atoms with Crippen LogP contribution in [0.2, 0.25) is 0 Å². The summed E-state index contributed by atoms with van der Waals surface area (Å²) in [6.45, 7) is 4.25. The van der Waals surface area contributed by atoms with Crippen LogP contribution in [0.25, 0.3) is 0 Å². The SMILES string of the molecule is Cc1ncn(CCNC(=O)CC2CSc3nc4c(c(=O)n32)CCCC4)c(=O)c1C. The molecule has 1 atom stereocenters. The summed E-state index contributed by atoms with van der Waals surface area (Å²) in [6, 6.07) is -0.173. The molecule has 1 N–H and O–H groups in total. The molecule has 0 fully saturated rings. The molecule has 154 valence electrons. The van der Waals surface area contributed by atoms with E-state index in [-0.39, 0.29) is 29.5 Å². The van der Waals surface area contributed by atoms with Gasteiger partial charge < -0.3 is 5.32 Å². The monoisotopic (exact) mass is 415 g/mol. The molecule has 8 nitrogen and oxygen atoms in total. The van der Waals surface area contributed by atoms with E-state index in [1.165, 1.54) is 10.9 Å². The Morgan fingerprint density at radius 2 is 2.03 bits per heavy atom. The van der Waals surface area contributed by atoms with Gasteiger partial charge in [0.1, 0.15) is 0 Å². The van der Waals surface area contributed by atoms with Crippen LogP contribution in [0.4, 0.5) is 0 Å². The van der Waals surface area contributed by atoms with Crippen molar-refractivity contribution in [3.8, 4) is 0 Å². The second kappa shape index (κ2) is 8.14. The Morgan fingerprint density at radius 1 is 1.24 bits per heavy atom. The lowest BCUT2D eigenvalue weighted by Gasteiger charge is -2.18. The minimum absolute atomic E-state index is 0.0280. The van der Waals surface area contributed by atoms with E-state index in [4.69, 9.17) is 0 Å². The van der Waals surface area contributed by atoms with E-state index in [2.05, 4.69) is 15.3 Å². The first kappa shape index (κ1) is 19.9. The minimum Gasteiger partial charge on any atom is -0.354 e. The van der Waals surface area contributed by atoms with Gasteiger partial charge in [0.2, 0.25) is 5.91 Å². The zero-order valence-electron chi connectivity index (χ0n) is 16.7. The molecule has 0 radical (unpaired) electrons. The van der Waals surface area contributed by atoms with Crippen LogP contribution in [0, 0.1) is 13.8 Å². The standard InChI is InChI=1S/C20H25N5O3S/c1-12-13(2)22-11-24(18(12)27)8-7-21-17(26)9-14-10-29-20-23-16-6-4-3-5-15(16)19(28)25(14)20/h11,14H,3-10H2,1-2H3,(H,21,26). The summed E-state index contributed by atoms with van der Waals surface area (Å²) >= 11 is 1.55. The van der Waals surface area contributed by atoms with E-state index in [1.54, 1.807) is 30.2 Å². The molecule has 3 heterocycles. The Morgan fingerprint density at radius 3 is 2.86 bits per heavy atom. The number of carbonyl (C=O) groups excluding carboxylic acids is 1. The highest BCUT2D eigenvalue weighted by Gasteiger charge is 2.30. The molecule has 29 heavy (non-hydrogen) atoms. The molecular weight excluding hydrogens is 390 g/mol. The molecule has 0 spiro atoms. The molecule has 0 aromatic carbocycles. The van der Waals surface area contributed by atoms with Crippen molar-refractivity contribution in [3.63, 3.8) is 0 Å². The Labute approximate surface area is 172 Å². The summed E-state index contributed by atoms with van der Waals surface area (Å²) in [7, 11) is 0. The minimum atomic E-state index is -0.173. The third kappa shape index (κ3) is 3.88. The van der Waals surface area contributed by atoms with E-state index in [1.807, 2.05) is 0 Å². The fraction of sp³-hybridized carbons (Fsp3) is 0.550. The number of hydrogen-bond donors (Lipinski definition) is 1. The lowest BCUT2D eigenvalue weighted by molar-refractivity contribution is -0.121. The predicted molar refractivity (Wildman–Crippen MR) is 110 cm³/mol. The van der Waals surface area contributed by atoms with Crippen LogP contribution in [0.5, 0.6) is 0 Å². The summed E-state index contributed by atoms with van der Waals surface area (Å²) in [6.07, 6.45) is 5.50. The van der Waals surface area contributed by atoms with Gasteiger partial charge in [0.25, 0.3) is 11.1 Å². The van der Waals surface area contributed by atoms with Gasteiger partial charge in [0.05, 0.1) is 18.1 Å². The molecule has 1 aliphatic heterocycles. The fourth-order valence-electron chi connectivity index (χ4n) is 3.90.